The first kappa shape index (κ1) is 19.3. The highest BCUT2D eigenvalue weighted by molar-refractivity contribution is 5.83. The second kappa shape index (κ2) is 8.05. The van der Waals surface area contributed by atoms with Gasteiger partial charge in [-0.05, 0) is 46.3 Å². The number of piperidine rings is 1. The standard InChI is InChI=1S/C21H28N4O2/c1-14-6-5-7-17(12-14)20(24(3)4)21(27)25-10-8-16(9-11-25)18-13-19(26)23-15(2)22-18/h5-7,12-13,16,20H,8-11H2,1-4H3,(H,22,23,26)/t20-/m0/s1. The fraction of sp³-hybridized carbons (Fsp3) is 0.476. The first-order chi connectivity index (χ1) is 12.8. The molecule has 1 aromatic carbocycles. The number of nitrogens with one attached hydrogen (secondary N) is 1. The summed E-state index contributed by atoms with van der Waals surface area (Å²) in [4.78, 5) is 36.0. The minimum atomic E-state index is -0.276. The molecule has 0 unspecified atom stereocenters. The molecule has 1 N–H and O–H groups in total. The van der Waals surface area contributed by atoms with E-state index in [4.69, 9.17) is 0 Å². The summed E-state index contributed by atoms with van der Waals surface area (Å²) in [5.74, 6) is 1.01. The van der Waals surface area contributed by atoms with Crippen molar-refractivity contribution in [3.63, 3.8) is 0 Å². The van der Waals surface area contributed by atoms with Crippen LogP contribution in [0.3, 0.4) is 0 Å². The van der Waals surface area contributed by atoms with Gasteiger partial charge in [0, 0.05) is 25.1 Å². The van der Waals surface area contributed by atoms with E-state index >= 15 is 0 Å². The molecule has 1 atom stereocenters. The number of hydrogen-bond donors (Lipinski definition) is 1. The van der Waals surface area contributed by atoms with Gasteiger partial charge in [0.15, 0.2) is 0 Å². The highest BCUT2D eigenvalue weighted by Crippen LogP contribution is 2.29. The summed E-state index contributed by atoms with van der Waals surface area (Å²) in [7, 11) is 3.89. The van der Waals surface area contributed by atoms with Crippen LogP contribution in [0.15, 0.2) is 35.1 Å². The van der Waals surface area contributed by atoms with Gasteiger partial charge in [-0.3, -0.25) is 14.5 Å². The van der Waals surface area contributed by atoms with Gasteiger partial charge in [-0.15, -0.1) is 0 Å². The number of rotatable bonds is 4. The molecule has 1 aliphatic heterocycles. The third kappa shape index (κ3) is 4.45. The first-order valence-electron chi connectivity index (χ1n) is 9.45. The number of H-pyrrole nitrogens is 1. The van der Waals surface area contributed by atoms with Gasteiger partial charge in [0.25, 0.3) is 5.56 Å². The summed E-state index contributed by atoms with van der Waals surface area (Å²) in [5, 5.41) is 0. The number of benzene rings is 1. The summed E-state index contributed by atoms with van der Waals surface area (Å²) in [6.07, 6.45) is 1.66. The lowest BCUT2D eigenvalue weighted by Gasteiger charge is -2.36. The zero-order valence-electron chi connectivity index (χ0n) is 16.5. The van der Waals surface area contributed by atoms with E-state index in [-0.39, 0.29) is 23.4 Å². The highest BCUT2D eigenvalue weighted by atomic mass is 16.2. The van der Waals surface area contributed by atoms with Crippen LogP contribution in [0.1, 0.15) is 47.4 Å². The largest absolute Gasteiger partial charge is 0.341 e. The monoisotopic (exact) mass is 368 g/mol. The Morgan fingerprint density at radius 3 is 2.52 bits per heavy atom. The van der Waals surface area contributed by atoms with Gasteiger partial charge in [-0.2, -0.15) is 0 Å². The fourth-order valence-electron chi connectivity index (χ4n) is 3.88. The zero-order valence-corrected chi connectivity index (χ0v) is 16.5. The van der Waals surface area contributed by atoms with E-state index in [1.165, 1.54) is 0 Å². The van der Waals surface area contributed by atoms with Crippen LogP contribution in [0, 0.1) is 13.8 Å². The molecule has 0 radical (unpaired) electrons. The van der Waals surface area contributed by atoms with Gasteiger partial charge < -0.3 is 9.88 Å². The van der Waals surface area contributed by atoms with Crippen molar-refractivity contribution < 1.29 is 4.79 Å². The molecule has 1 saturated heterocycles. The lowest BCUT2D eigenvalue weighted by molar-refractivity contribution is -0.137. The quantitative estimate of drug-likeness (QED) is 0.900. The maximum atomic E-state index is 13.2. The SMILES string of the molecule is Cc1cccc([C@@H](C(=O)N2CCC(c3cc(=O)[nH]c(C)n3)CC2)N(C)C)c1. The number of hydrogen-bond acceptors (Lipinski definition) is 4. The molecule has 1 amide bonds. The van der Waals surface area contributed by atoms with Crippen molar-refractivity contribution >= 4 is 5.91 Å². The lowest BCUT2D eigenvalue weighted by atomic mass is 9.92. The Morgan fingerprint density at radius 1 is 1.22 bits per heavy atom. The smallest absolute Gasteiger partial charge is 0.251 e. The van der Waals surface area contributed by atoms with Crippen molar-refractivity contribution in [3.8, 4) is 0 Å². The third-order valence-electron chi connectivity index (χ3n) is 5.21. The first-order valence-corrected chi connectivity index (χ1v) is 9.45. The number of aromatic nitrogens is 2. The fourth-order valence-corrected chi connectivity index (χ4v) is 3.88. The van der Waals surface area contributed by atoms with Gasteiger partial charge in [-0.1, -0.05) is 29.8 Å². The van der Waals surface area contributed by atoms with Gasteiger partial charge in [0.2, 0.25) is 5.91 Å². The van der Waals surface area contributed by atoms with Crippen LogP contribution in [-0.4, -0.2) is 52.9 Å². The molecule has 0 aliphatic carbocycles. The molecule has 0 saturated carbocycles. The number of nitrogens with zero attached hydrogens (tertiary/aromatic N) is 3. The molecule has 1 fully saturated rings. The second-order valence-electron chi connectivity index (χ2n) is 7.64. The average molecular weight is 368 g/mol. The topological polar surface area (TPSA) is 69.3 Å². The van der Waals surface area contributed by atoms with Crippen LogP contribution in [-0.2, 0) is 4.79 Å². The Morgan fingerprint density at radius 2 is 1.93 bits per heavy atom. The Kier molecular flexibility index (Phi) is 5.75. The average Bonchev–Trinajstić information content (AvgIpc) is 2.61. The molecule has 6 nitrogen and oxygen atoms in total. The van der Waals surface area contributed by atoms with Crippen LogP contribution < -0.4 is 5.56 Å². The Labute approximate surface area is 160 Å². The molecule has 144 valence electrons. The Bertz CT molecular complexity index is 866. The lowest BCUT2D eigenvalue weighted by Crippen LogP contribution is -2.44. The van der Waals surface area contributed by atoms with E-state index in [1.807, 2.05) is 49.0 Å². The molecule has 0 spiro atoms. The van der Waals surface area contributed by atoms with E-state index < -0.39 is 0 Å². The van der Waals surface area contributed by atoms with Crippen LogP contribution in [0.2, 0.25) is 0 Å². The van der Waals surface area contributed by atoms with Crippen LogP contribution >= 0.6 is 0 Å². The minimum absolute atomic E-state index is 0.108. The van der Waals surface area contributed by atoms with E-state index in [0.29, 0.717) is 18.9 Å². The predicted octanol–water partition coefficient (Wildman–Crippen LogP) is 2.40. The van der Waals surface area contributed by atoms with Crippen LogP contribution in [0.5, 0.6) is 0 Å². The maximum absolute atomic E-state index is 13.2. The zero-order chi connectivity index (χ0) is 19.6. The maximum Gasteiger partial charge on any atom is 0.251 e. The molecular formula is C21H28N4O2. The molecule has 1 aromatic heterocycles. The molecule has 27 heavy (non-hydrogen) atoms. The number of likely N-dealkylation sites (N-methyl/N-ethyl adjacent to an activating group) is 1. The van der Waals surface area contributed by atoms with Crippen molar-refractivity contribution in [3.05, 3.63) is 63.3 Å². The van der Waals surface area contributed by atoms with E-state index in [9.17, 15) is 9.59 Å². The summed E-state index contributed by atoms with van der Waals surface area (Å²) in [5.41, 5.74) is 2.91. The molecule has 2 aromatic rings. The van der Waals surface area contributed by atoms with Gasteiger partial charge in [0.1, 0.15) is 11.9 Å². The van der Waals surface area contributed by atoms with E-state index in [2.05, 4.69) is 16.0 Å². The van der Waals surface area contributed by atoms with Crippen molar-refractivity contribution in [1.82, 2.24) is 19.8 Å². The van der Waals surface area contributed by atoms with Gasteiger partial charge in [0.05, 0.1) is 5.69 Å². The highest BCUT2D eigenvalue weighted by Gasteiger charge is 2.31. The van der Waals surface area contributed by atoms with Crippen LogP contribution in [0.25, 0.3) is 0 Å². The Balaban J connectivity index is 1.72. The molecule has 2 heterocycles. The Hall–Kier alpha value is -2.47. The van der Waals surface area contributed by atoms with Crippen molar-refractivity contribution in [2.24, 2.45) is 0 Å². The number of aromatic amines is 1. The molecule has 6 heteroatoms. The van der Waals surface area contributed by atoms with Gasteiger partial charge >= 0.3 is 0 Å². The normalized spacial score (nSPS) is 16.6. The van der Waals surface area contributed by atoms with E-state index in [0.717, 1.165) is 29.7 Å². The minimum Gasteiger partial charge on any atom is -0.341 e. The number of carbonyl (C=O) groups excluding carboxylic acids is 1. The van der Waals surface area contributed by atoms with Crippen molar-refractivity contribution in [2.75, 3.05) is 27.2 Å². The van der Waals surface area contributed by atoms with Crippen LogP contribution in [0.4, 0.5) is 0 Å². The summed E-state index contributed by atoms with van der Waals surface area (Å²) in [6, 6.07) is 9.46. The molecule has 3 rings (SSSR count). The van der Waals surface area contributed by atoms with Gasteiger partial charge in [-0.25, -0.2) is 4.98 Å². The molecular weight excluding hydrogens is 340 g/mol. The van der Waals surface area contributed by atoms with Crippen molar-refractivity contribution in [1.29, 1.82) is 0 Å². The number of likely N-dealkylation sites (tertiary alicyclic amines) is 1. The number of amides is 1. The molecule has 0 bridgehead atoms. The predicted molar refractivity (Wildman–Crippen MR) is 106 cm³/mol. The number of aryl methyl sites for hydroxylation is 2. The molecule has 1 aliphatic rings. The summed E-state index contributed by atoms with van der Waals surface area (Å²) in [6.45, 7) is 5.22. The second-order valence-corrected chi connectivity index (χ2v) is 7.64. The van der Waals surface area contributed by atoms with Crippen molar-refractivity contribution in [2.45, 2.75) is 38.6 Å². The summed E-state index contributed by atoms with van der Waals surface area (Å²) < 4.78 is 0. The summed E-state index contributed by atoms with van der Waals surface area (Å²) >= 11 is 0. The third-order valence-corrected chi connectivity index (χ3v) is 5.21. The van der Waals surface area contributed by atoms with E-state index in [1.54, 1.807) is 13.0 Å². The number of carbonyl (C=O) groups is 1.